The molecule has 1 saturated carbocycles. The number of Topliss-reactive ketones (excluding diaryl/α,β-unsaturated/α-hetero) is 2. The first-order valence-corrected chi connectivity index (χ1v) is 10.5. The quantitative estimate of drug-likeness (QED) is 0.373. The monoisotopic (exact) mass is 504 g/mol. The molecule has 1 fully saturated rings. The maximum atomic E-state index is 13.7. The fourth-order valence-corrected chi connectivity index (χ4v) is 4.58. The minimum Gasteiger partial charge on any atom is -0.345 e. The molecule has 1 aliphatic carbocycles. The Kier molecular flexibility index (Phi) is 5.98. The molecule has 35 heavy (non-hydrogen) atoms. The number of H-pyrrole nitrogens is 1. The molecule has 2 heterocycles. The Morgan fingerprint density at radius 2 is 2.03 bits per heavy atom. The predicted molar refractivity (Wildman–Crippen MR) is 116 cm³/mol. The number of rotatable bonds is 7. The highest BCUT2D eigenvalue weighted by atomic mass is 35.5. The maximum absolute atomic E-state index is 13.7. The number of hydrogen-bond donors (Lipinski definition) is 2. The van der Waals surface area contributed by atoms with E-state index in [0.717, 1.165) is 12.1 Å². The molecule has 0 atom stereocenters. The van der Waals surface area contributed by atoms with Crippen LogP contribution in [0.3, 0.4) is 0 Å². The van der Waals surface area contributed by atoms with Crippen LogP contribution in [0, 0.1) is 17.1 Å². The van der Waals surface area contributed by atoms with Crippen molar-refractivity contribution in [3.63, 3.8) is 0 Å². The van der Waals surface area contributed by atoms with Crippen LogP contribution >= 0.6 is 11.6 Å². The first-order valence-electron chi connectivity index (χ1n) is 10.1. The standard InChI is InChI=1S/C22H16ClF3N6O3/c1-32-8-13(17(23)18(32)20(35)29-12-2-3-14(24)11(4-12)6-27)19(34)15(33)5-21(9-22(25,26)10-21)16-7-28-31-30-16/h2-4,7-8H,5,9-10H2,1H3,(H,29,35)(H,28,30,31). The molecular weight excluding hydrogens is 489 g/mol. The third kappa shape index (κ3) is 4.42. The van der Waals surface area contributed by atoms with E-state index in [1.807, 2.05) is 0 Å². The molecule has 13 heteroatoms. The van der Waals surface area contributed by atoms with Gasteiger partial charge in [-0.25, -0.2) is 13.2 Å². The lowest BCUT2D eigenvalue weighted by atomic mass is 9.61. The summed E-state index contributed by atoms with van der Waals surface area (Å²) in [6.07, 6.45) is 0.556. The van der Waals surface area contributed by atoms with Crippen LogP contribution < -0.4 is 5.32 Å². The minimum absolute atomic E-state index is 0.106. The van der Waals surface area contributed by atoms with Gasteiger partial charge in [0.15, 0.2) is 0 Å². The molecule has 1 aromatic carbocycles. The molecule has 0 spiro atoms. The van der Waals surface area contributed by atoms with Gasteiger partial charge >= 0.3 is 0 Å². The zero-order valence-electron chi connectivity index (χ0n) is 18.0. The van der Waals surface area contributed by atoms with Gasteiger partial charge in [0.25, 0.3) is 5.91 Å². The van der Waals surface area contributed by atoms with E-state index in [2.05, 4.69) is 20.7 Å². The van der Waals surface area contributed by atoms with Gasteiger partial charge in [0.1, 0.15) is 17.6 Å². The lowest BCUT2D eigenvalue weighted by molar-refractivity contribution is -0.139. The Morgan fingerprint density at radius 1 is 1.31 bits per heavy atom. The van der Waals surface area contributed by atoms with E-state index >= 15 is 0 Å². The molecular formula is C22H16ClF3N6O3. The van der Waals surface area contributed by atoms with Crippen LogP contribution in [0.5, 0.6) is 0 Å². The molecule has 0 saturated heterocycles. The van der Waals surface area contributed by atoms with Gasteiger partial charge in [0.2, 0.25) is 17.5 Å². The number of carbonyl (C=O) groups is 3. The summed E-state index contributed by atoms with van der Waals surface area (Å²) in [5, 5.41) is 20.8. The van der Waals surface area contributed by atoms with E-state index in [1.165, 1.54) is 30.1 Å². The van der Waals surface area contributed by atoms with Gasteiger partial charge in [-0.15, -0.1) is 0 Å². The second kappa shape index (κ2) is 8.66. The number of carbonyl (C=O) groups excluding carboxylic acids is 3. The summed E-state index contributed by atoms with van der Waals surface area (Å²) in [5.74, 6) is -6.56. The van der Waals surface area contributed by atoms with Gasteiger partial charge in [-0.2, -0.15) is 20.7 Å². The minimum atomic E-state index is -3.00. The van der Waals surface area contributed by atoms with Gasteiger partial charge in [-0.3, -0.25) is 14.4 Å². The SMILES string of the molecule is Cn1cc(C(=O)C(=O)CC2(c3cn[nH]n3)CC(F)(F)C2)c(Cl)c1C(=O)Nc1ccc(F)c(C#N)c1. The molecule has 2 aromatic heterocycles. The first-order chi connectivity index (χ1) is 16.5. The van der Waals surface area contributed by atoms with Gasteiger partial charge in [0.05, 0.1) is 28.0 Å². The van der Waals surface area contributed by atoms with Crippen molar-refractivity contribution in [3.8, 4) is 6.07 Å². The van der Waals surface area contributed by atoms with Crippen molar-refractivity contribution >= 4 is 34.8 Å². The molecule has 1 aliphatic rings. The predicted octanol–water partition coefficient (Wildman–Crippen LogP) is 3.57. The molecule has 1 amide bonds. The molecule has 9 nitrogen and oxygen atoms in total. The summed E-state index contributed by atoms with van der Waals surface area (Å²) < 4.78 is 42.1. The van der Waals surface area contributed by atoms with E-state index in [-0.39, 0.29) is 33.2 Å². The smallest absolute Gasteiger partial charge is 0.273 e. The van der Waals surface area contributed by atoms with Gasteiger partial charge in [-0.1, -0.05) is 11.6 Å². The number of halogens is 4. The fraction of sp³-hybridized carbons (Fsp3) is 0.273. The zero-order chi connectivity index (χ0) is 25.5. The maximum Gasteiger partial charge on any atom is 0.273 e. The number of aromatic nitrogens is 4. The van der Waals surface area contributed by atoms with E-state index in [4.69, 9.17) is 16.9 Å². The molecule has 2 N–H and O–H groups in total. The third-order valence-corrected chi connectivity index (χ3v) is 6.21. The average Bonchev–Trinajstić information content (AvgIpc) is 3.41. The molecule has 0 bridgehead atoms. The summed E-state index contributed by atoms with van der Waals surface area (Å²) in [4.78, 5) is 38.5. The summed E-state index contributed by atoms with van der Waals surface area (Å²) >= 11 is 6.26. The Hall–Kier alpha value is -3.98. The van der Waals surface area contributed by atoms with Crippen molar-refractivity contribution < 1.29 is 27.6 Å². The van der Waals surface area contributed by atoms with Gasteiger partial charge in [-0.05, 0) is 18.2 Å². The number of aryl methyl sites for hydroxylation is 1. The molecule has 180 valence electrons. The summed E-state index contributed by atoms with van der Waals surface area (Å²) in [6, 6.07) is 5.01. The Balaban J connectivity index is 1.55. The second-order valence-electron chi connectivity index (χ2n) is 8.35. The second-order valence-corrected chi connectivity index (χ2v) is 8.73. The topological polar surface area (TPSA) is 134 Å². The van der Waals surface area contributed by atoms with Gasteiger partial charge in [0, 0.05) is 43.6 Å². The third-order valence-electron chi connectivity index (χ3n) is 5.83. The number of alkyl halides is 2. The summed E-state index contributed by atoms with van der Waals surface area (Å²) in [6.45, 7) is 0. The Labute approximate surface area is 200 Å². The lowest BCUT2D eigenvalue weighted by Gasteiger charge is -2.45. The normalized spacial score (nSPS) is 15.7. The van der Waals surface area contributed by atoms with Crippen LogP contribution in [-0.4, -0.2) is 43.4 Å². The van der Waals surface area contributed by atoms with Crippen molar-refractivity contribution in [2.45, 2.75) is 30.6 Å². The van der Waals surface area contributed by atoms with Crippen molar-refractivity contribution in [1.82, 2.24) is 20.0 Å². The van der Waals surface area contributed by atoms with Crippen LogP contribution in [0.1, 0.15) is 51.4 Å². The van der Waals surface area contributed by atoms with Crippen molar-refractivity contribution in [2.24, 2.45) is 7.05 Å². The summed E-state index contributed by atoms with van der Waals surface area (Å²) in [7, 11) is 1.41. The summed E-state index contributed by atoms with van der Waals surface area (Å²) in [5.41, 5.74) is -1.82. The molecule has 0 radical (unpaired) electrons. The number of amides is 1. The zero-order valence-corrected chi connectivity index (χ0v) is 18.8. The fourth-order valence-electron chi connectivity index (χ4n) is 4.22. The van der Waals surface area contributed by atoms with Crippen molar-refractivity contribution in [2.75, 3.05) is 5.32 Å². The molecule has 0 unspecified atom stereocenters. The number of benzene rings is 1. The number of hydrogen-bond acceptors (Lipinski definition) is 6. The van der Waals surface area contributed by atoms with Crippen molar-refractivity contribution in [1.29, 1.82) is 5.26 Å². The number of nitrogens with zero attached hydrogens (tertiary/aromatic N) is 4. The number of ketones is 2. The number of nitrogens with one attached hydrogen (secondary N) is 2. The van der Waals surface area contributed by atoms with Crippen LogP contribution in [0.4, 0.5) is 18.9 Å². The molecule has 4 rings (SSSR count). The highest BCUT2D eigenvalue weighted by Crippen LogP contribution is 2.55. The van der Waals surface area contributed by atoms with Gasteiger partial charge < -0.3 is 9.88 Å². The van der Waals surface area contributed by atoms with E-state index in [1.54, 1.807) is 6.07 Å². The largest absolute Gasteiger partial charge is 0.345 e. The van der Waals surface area contributed by atoms with Crippen LogP contribution in [0.2, 0.25) is 5.02 Å². The molecule has 0 aliphatic heterocycles. The first kappa shape index (κ1) is 24.2. The number of anilines is 1. The lowest BCUT2D eigenvalue weighted by Crippen LogP contribution is -2.51. The van der Waals surface area contributed by atoms with E-state index < -0.39 is 53.9 Å². The van der Waals surface area contributed by atoms with Crippen LogP contribution in [-0.2, 0) is 17.3 Å². The molecule has 3 aromatic rings. The van der Waals surface area contributed by atoms with E-state index in [0.29, 0.717) is 0 Å². The van der Waals surface area contributed by atoms with E-state index in [9.17, 15) is 27.6 Å². The van der Waals surface area contributed by atoms with Crippen molar-refractivity contribution in [3.05, 3.63) is 63.9 Å². The Morgan fingerprint density at radius 3 is 2.63 bits per heavy atom. The van der Waals surface area contributed by atoms with Crippen LogP contribution in [0.15, 0.2) is 30.6 Å². The number of nitriles is 1. The Bertz CT molecular complexity index is 1390. The average molecular weight is 505 g/mol. The highest BCUT2D eigenvalue weighted by Gasteiger charge is 2.59. The van der Waals surface area contributed by atoms with Crippen LogP contribution in [0.25, 0.3) is 0 Å². The highest BCUT2D eigenvalue weighted by molar-refractivity contribution is 6.48. The number of aromatic amines is 1.